The molecule has 1 aliphatic carbocycles. The standard InChI is InChI=1S/C19H21FN4OS/c1-2-23-18(17-7-4-10-25-17)21-24(19(23)26)13-22(16-8-9-16)12-14-5-3-6-15(20)11-14/h3-7,10-11,16H,2,8-9,12-13H2,1H3. The lowest BCUT2D eigenvalue weighted by molar-refractivity contribution is 0.186. The van der Waals surface area contributed by atoms with Crippen LogP contribution in [0.3, 0.4) is 0 Å². The molecule has 1 fully saturated rings. The van der Waals surface area contributed by atoms with Gasteiger partial charge in [0.2, 0.25) is 0 Å². The Bertz CT molecular complexity index is 943. The van der Waals surface area contributed by atoms with Crippen LogP contribution >= 0.6 is 12.2 Å². The van der Waals surface area contributed by atoms with E-state index in [1.165, 1.54) is 6.07 Å². The van der Waals surface area contributed by atoms with Crippen molar-refractivity contribution < 1.29 is 8.81 Å². The molecule has 0 saturated heterocycles. The molecule has 0 aliphatic heterocycles. The van der Waals surface area contributed by atoms with Gasteiger partial charge < -0.3 is 4.42 Å². The van der Waals surface area contributed by atoms with Crippen LogP contribution in [0.4, 0.5) is 4.39 Å². The van der Waals surface area contributed by atoms with Crippen LogP contribution in [0.2, 0.25) is 0 Å². The first-order valence-electron chi connectivity index (χ1n) is 8.85. The number of halogens is 1. The summed E-state index contributed by atoms with van der Waals surface area (Å²) in [5.41, 5.74) is 0.963. The smallest absolute Gasteiger partial charge is 0.199 e. The number of aromatic nitrogens is 3. The van der Waals surface area contributed by atoms with Crippen LogP contribution in [0.5, 0.6) is 0 Å². The van der Waals surface area contributed by atoms with Gasteiger partial charge in [0.15, 0.2) is 16.4 Å². The summed E-state index contributed by atoms with van der Waals surface area (Å²) in [5, 5.41) is 4.70. The Morgan fingerprint density at radius 2 is 2.15 bits per heavy atom. The fraction of sp³-hybridized carbons (Fsp3) is 0.368. The second kappa shape index (κ2) is 7.17. The minimum absolute atomic E-state index is 0.203. The quantitative estimate of drug-likeness (QED) is 0.574. The van der Waals surface area contributed by atoms with Gasteiger partial charge in [0.05, 0.1) is 12.9 Å². The molecule has 0 spiro atoms. The van der Waals surface area contributed by atoms with Crippen molar-refractivity contribution in [2.45, 2.75) is 45.6 Å². The van der Waals surface area contributed by atoms with Crippen LogP contribution in [-0.4, -0.2) is 25.3 Å². The van der Waals surface area contributed by atoms with E-state index in [1.54, 1.807) is 18.4 Å². The first-order valence-corrected chi connectivity index (χ1v) is 9.26. The first-order chi connectivity index (χ1) is 12.7. The molecular formula is C19H21FN4OS. The van der Waals surface area contributed by atoms with E-state index in [4.69, 9.17) is 21.7 Å². The Hall–Kier alpha value is -2.25. The maximum absolute atomic E-state index is 13.5. The molecule has 2 aromatic heterocycles. The highest BCUT2D eigenvalue weighted by Gasteiger charge is 2.30. The van der Waals surface area contributed by atoms with Gasteiger partial charge >= 0.3 is 0 Å². The zero-order valence-electron chi connectivity index (χ0n) is 14.6. The molecule has 5 nitrogen and oxygen atoms in total. The van der Waals surface area contributed by atoms with E-state index in [1.807, 2.05) is 34.4 Å². The van der Waals surface area contributed by atoms with E-state index < -0.39 is 0 Å². The molecule has 0 unspecified atom stereocenters. The van der Waals surface area contributed by atoms with E-state index in [0.29, 0.717) is 29.8 Å². The van der Waals surface area contributed by atoms with E-state index in [2.05, 4.69) is 4.90 Å². The second-order valence-corrected chi connectivity index (χ2v) is 6.94. The third-order valence-corrected chi connectivity index (χ3v) is 5.07. The fourth-order valence-electron chi connectivity index (χ4n) is 3.18. The lowest BCUT2D eigenvalue weighted by Gasteiger charge is -2.21. The van der Waals surface area contributed by atoms with Crippen molar-refractivity contribution in [1.29, 1.82) is 0 Å². The van der Waals surface area contributed by atoms with Gasteiger partial charge in [-0.1, -0.05) is 12.1 Å². The monoisotopic (exact) mass is 372 g/mol. The highest BCUT2D eigenvalue weighted by atomic mass is 32.1. The van der Waals surface area contributed by atoms with Gasteiger partial charge in [-0.25, -0.2) is 9.07 Å². The zero-order chi connectivity index (χ0) is 18.1. The van der Waals surface area contributed by atoms with Crippen molar-refractivity contribution in [2.24, 2.45) is 0 Å². The molecule has 1 saturated carbocycles. The van der Waals surface area contributed by atoms with Crippen LogP contribution in [0.25, 0.3) is 11.6 Å². The molecule has 3 aromatic rings. The van der Waals surface area contributed by atoms with Gasteiger partial charge in [-0.05, 0) is 61.8 Å². The van der Waals surface area contributed by atoms with Gasteiger partial charge in [0, 0.05) is 19.1 Å². The summed E-state index contributed by atoms with van der Waals surface area (Å²) in [5.74, 6) is 1.24. The predicted octanol–water partition coefficient (Wildman–Crippen LogP) is 4.46. The predicted molar refractivity (Wildman–Crippen MR) is 99.4 cm³/mol. The number of hydrogen-bond donors (Lipinski definition) is 0. The van der Waals surface area contributed by atoms with Crippen molar-refractivity contribution >= 4 is 12.2 Å². The van der Waals surface area contributed by atoms with Crippen molar-refractivity contribution in [2.75, 3.05) is 0 Å². The van der Waals surface area contributed by atoms with Gasteiger partial charge in [-0.2, -0.15) is 0 Å². The molecule has 0 N–H and O–H groups in total. The Morgan fingerprint density at radius 3 is 2.81 bits per heavy atom. The minimum Gasteiger partial charge on any atom is -0.461 e. The Morgan fingerprint density at radius 1 is 1.31 bits per heavy atom. The van der Waals surface area contributed by atoms with Gasteiger partial charge in [0.1, 0.15) is 5.82 Å². The first kappa shape index (κ1) is 17.2. The number of hydrogen-bond acceptors (Lipinski definition) is 4. The van der Waals surface area contributed by atoms with Crippen molar-refractivity contribution in [3.05, 3.63) is 58.8 Å². The van der Waals surface area contributed by atoms with Gasteiger partial charge in [0.25, 0.3) is 0 Å². The lowest BCUT2D eigenvalue weighted by atomic mass is 10.2. The Balaban J connectivity index is 1.61. The Kier molecular flexibility index (Phi) is 4.74. The summed E-state index contributed by atoms with van der Waals surface area (Å²) in [7, 11) is 0. The van der Waals surface area contributed by atoms with E-state index in [0.717, 1.165) is 30.8 Å². The maximum atomic E-state index is 13.5. The molecule has 0 amide bonds. The van der Waals surface area contributed by atoms with Gasteiger partial charge in [-0.3, -0.25) is 9.47 Å². The molecule has 0 radical (unpaired) electrons. The Labute approximate surface area is 156 Å². The lowest BCUT2D eigenvalue weighted by Crippen LogP contribution is -2.29. The van der Waals surface area contributed by atoms with Crippen LogP contribution in [0.15, 0.2) is 47.1 Å². The summed E-state index contributed by atoms with van der Waals surface area (Å²) in [6.07, 6.45) is 3.95. The molecule has 7 heteroatoms. The minimum atomic E-state index is -0.203. The largest absolute Gasteiger partial charge is 0.461 e. The van der Waals surface area contributed by atoms with Crippen LogP contribution < -0.4 is 0 Å². The number of rotatable bonds is 7. The van der Waals surface area contributed by atoms with Crippen molar-refractivity contribution in [1.82, 2.24) is 19.2 Å². The van der Waals surface area contributed by atoms with Crippen LogP contribution in [0, 0.1) is 10.6 Å². The molecular weight excluding hydrogens is 351 g/mol. The second-order valence-electron chi connectivity index (χ2n) is 6.58. The molecule has 2 heterocycles. The third-order valence-electron chi connectivity index (χ3n) is 4.63. The van der Waals surface area contributed by atoms with Gasteiger partial charge in [-0.15, -0.1) is 5.10 Å². The number of nitrogens with zero attached hydrogens (tertiary/aromatic N) is 4. The zero-order valence-corrected chi connectivity index (χ0v) is 15.5. The summed E-state index contributed by atoms with van der Waals surface area (Å²) < 4.78 is 23.5. The summed E-state index contributed by atoms with van der Waals surface area (Å²) in [6.45, 7) is 4.03. The molecule has 136 valence electrons. The summed E-state index contributed by atoms with van der Waals surface area (Å²) >= 11 is 5.63. The fourth-order valence-corrected chi connectivity index (χ4v) is 3.50. The molecule has 1 aromatic carbocycles. The van der Waals surface area contributed by atoms with E-state index in [-0.39, 0.29) is 5.82 Å². The maximum Gasteiger partial charge on any atom is 0.199 e. The third kappa shape index (κ3) is 3.50. The van der Waals surface area contributed by atoms with Crippen LogP contribution in [-0.2, 0) is 19.8 Å². The van der Waals surface area contributed by atoms with E-state index >= 15 is 0 Å². The topological polar surface area (TPSA) is 39.1 Å². The molecule has 0 atom stereocenters. The van der Waals surface area contributed by atoms with Crippen molar-refractivity contribution in [3.8, 4) is 11.6 Å². The highest BCUT2D eigenvalue weighted by Crippen LogP contribution is 2.29. The highest BCUT2D eigenvalue weighted by molar-refractivity contribution is 7.71. The number of benzene rings is 1. The van der Waals surface area contributed by atoms with E-state index in [9.17, 15) is 4.39 Å². The molecule has 4 rings (SSSR count). The number of furan rings is 1. The SMILES string of the molecule is CCn1c(-c2ccco2)nn(CN(Cc2cccc(F)c2)C2CC2)c1=S. The normalized spacial score (nSPS) is 14.3. The molecule has 0 bridgehead atoms. The van der Waals surface area contributed by atoms with Crippen molar-refractivity contribution in [3.63, 3.8) is 0 Å². The summed E-state index contributed by atoms with van der Waals surface area (Å²) in [4.78, 5) is 2.31. The average Bonchev–Trinajstić information content (AvgIpc) is 3.24. The van der Waals surface area contributed by atoms with Crippen LogP contribution in [0.1, 0.15) is 25.3 Å². The molecule has 26 heavy (non-hydrogen) atoms. The summed E-state index contributed by atoms with van der Waals surface area (Å²) in [6, 6.07) is 11.0. The molecule has 1 aliphatic rings. The average molecular weight is 372 g/mol.